The number of hydrogen-bond donors (Lipinski definition) is 3. The Balaban J connectivity index is 1.82. The number of quaternary nitrogens is 1. The highest BCUT2D eigenvalue weighted by atomic mass is 16.5. The fourth-order valence-corrected chi connectivity index (χ4v) is 3.76. The zero-order valence-corrected chi connectivity index (χ0v) is 14.9. The Labute approximate surface area is 148 Å². The van der Waals surface area contributed by atoms with Gasteiger partial charge < -0.3 is 20.3 Å². The van der Waals surface area contributed by atoms with Crippen LogP contribution in [0.5, 0.6) is 0 Å². The van der Waals surface area contributed by atoms with Crippen LogP contribution in [0.3, 0.4) is 0 Å². The summed E-state index contributed by atoms with van der Waals surface area (Å²) in [5.74, 6) is -0.359. The SMILES string of the molecule is CCOC(=O)C1=C(C[NH+](C)[C@@H]2CCCc3ccccc32)NC(=O)NC1. The summed E-state index contributed by atoms with van der Waals surface area (Å²) in [5, 5.41) is 5.46. The number of nitrogens with one attached hydrogen (secondary N) is 3. The van der Waals surface area contributed by atoms with Crippen LogP contribution in [0.2, 0.25) is 0 Å². The zero-order chi connectivity index (χ0) is 17.8. The van der Waals surface area contributed by atoms with E-state index < -0.39 is 0 Å². The highest BCUT2D eigenvalue weighted by molar-refractivity contribution is 5.93. The molecule has 6 heteroatoms. The predicted octanol–water partition coefficient (Wildman–Crippen LogP) is 0.709. The molecule has 1 aliphatic carbocycles. The molecular formula is C19H26N3O3+. The molecule has 1 unspecified atom stereocenters. The smallest absolute Gasteiger partial charge is 0.337 e. The van der Waals surface area contributed by atoms with E-state index in [2.05, 4.69) is 41.9 Å². The van der Waals surface area contributed by atoms with E-state index in [9.17, 15) is 9.59 Å². The molecule has 3 N–H and O–H groups in total. The lowest BCUT2D eigenvalue weighted by atomic mass is 9.87. The van der Waals surface area contributed by atoms with E-state index in [1.165, 1.54) is 16.0 Å². The summed E-state index contributed by atoms with van der Waals surface area (Å²) >= 11 is 0. The number of carbonyl (C=O) groups is 2. The van der Waals surface area contributed by atoms with Crippen molar-refractivity contribution in [2.45, 2.75) is 32.2 Å². The van der Waals surface area contributed by atoms with E-state index in [4.69, 9.17) is 4.74 Å². The predicted molar refractivity (Wildman–Crippen MR) is 94.1 cm³/mol. The van der Waals surface area contributed by atoms with Crippen molar-refractivity contribution < 1.29 is 19.2 Å². The van der Waals surface area contributed by atoms with Crippen molar-refractivity contribution in [1.82, 2.24) is 10.6 Å². The lowest BCUT2D eigenvalue weighted by Gasteiger charge is -2.32. The van der Waals surface area contributed by atoms with Crippen LogP contribution in [0.25, 0.3) is 0 Å². The largest absolute Gasteiger partial charge is 0.463 e. The molecule has 0 spiro atoms. The molecule has 2 aliphatic rings. The Morgan fingerprint density at radius 3 is 2.96 bits per heavy atom. The van der Waals surface area contributed by atoms with Crippen LogP contribution < -0.4 is 15.5 Å². The van der Waals surface area contributed by atoms with Gasteiger partial charge in [0.15, 0.2) is 0 Å². The molecule has 0 bridgehead atoms. The van der Waals surface area contributed by atoms with Gasteiger partial charge in [-0.1, -0.05) is 24.3 Å². The van der Waals surface area contributed by atoms with E-state index in [0.29, 0.717) is 30.5 Å². The average molecular weight is 344 g/mol. The van der Waals surface area contributed by atoms with Gasteiger partial charge in [0.25, 0.3) is 0 Å². The Kier molecular flexibility index (Phi) is 5.38. The van der Waals surface area contributed by atoms with Crippen LogP contribution in [0.4, 0.5) is 4.79 Å². The summed E-state index contributed by atoms with van der Waals surface area (Å²) in [4.78, 5) is 25.2. The minimum atomic E-state index is -0.359. The number of likely N-dealkylation sites (N-methyl/N-ethyl adjacent to an activating group) is 1. The first-order valence-electron chi connectivity index (χ1n) is 8.94. The van der Waals surface area contributed by atoms with Crippen molar-refractivity contribution in [2.75, 3.05) is 26.7 Å². The van der Waals surface area contributed by atoms with Crippen molar-refractivity contribution in [3.8, 4) is 0 Å². The summed E-state index contributed by atoms with van der Waals surface area (Å²) < 4.78 is 5.13. The van der Waals surface area contributed by atoms with Gasteiger partial charge in [0, 0.05) is 12.0 Å². The normalized spacial score (nSPS) is 21.0. The highest BCUT2D eigenvalue weighted by Gasteiger charge is 2.30. The molecule has 0 saturated carbocycles. The Morgan fingerprint density at radius 1 is 1.36 bits per heavy atom. The minimum Gasteiger partial charge on any atom is -0.463 e. The summed E-state index contributed by atoms with van der Waals surface area (Å²) in [6, 6.07) is 8.67. The number of ether oxygens (including phenoxy) is 1. The maximum Gasteiger partial charge on any atom is 0.337 e. The monoisotopic (exact) mass is 344 g/mol. The van der Waals surface area contributed by atoms with Gasteiger partial charge in [-0.25, -0.2) is 9.59 Å². The van der Waals surface area contributed by atoms with E-state index in [-0.39, 0.29) is 18.5 Å². The first-order valence-corrected chi connectivity index (χ1v) is 8.94. The maximum atomic E-state index is 12.2. The Bertz CT molecular complexity index is 699. The molecule has 1 aromatic rings. The number of hydrogen-bond acceptors (Lipinski definition) is 3. The third-order valence-corrected chi connectivity index (χ3v) is 5.00. The molecule has 134 valence electrons. The zero-order valence-electron chi connectivity index (χ0n) is 14.9. The van der Waals surface area contributed by atoms with Crippen LogP contribution in [-0.2, 0) is 16.0 Å². The van der Waals surface area contributed by atoms with Crippen LogP contribution in [-0.4, -0.2) is 38.7 Å². The Hall–Kier alpha value is -2.34. The van der Waals surface area contributed by atoms with Gasteiger partial charge >= 0.3 is 12.0 Å². The first kappa shape index (κ1) is 17.5. The highest BCUT2D eigenvalue weighted by Crippen LogP contribution is 2.27. The molecule has 6 nitrogen and oxygen atoms in total. The van der Waals surface area contributed by atoms with Crippen molar-refractivity contribution in [3.05, 3.63) is 46.7 Å². The molecule has 1 heterocycles. The van der Waals surface area contributed by atoms with E-state index in [0.717, 1.165) is 19.3 Å². The second-order valence-electron chi connectivity index (χ2n) is 6.65. The second kappa shape index (κ2) is 7.70. The van der Waals surface area contributed by atoms with Crippen molar-refractivity contribution in [3.63, 3.8) is 0 Å². The lowest BCUT2D eigenvalue weighted by molar-refractivity contribution is -0.908. The van der Waals surface area contributed by atoms with Gasteiger partial charge in [0.1, 0.15) is 12.6 Å². The van der Waals surface area contributed by atoms with Crippen molar-refractivity contribution >= 4 is 12.0 Å². The summed E-state index contributed by atoms with van der Waals surface area (Å²) in [6.45, 7) is 2.90. The molecule has 0 radical (unpaired) electrons. The van der Waals surface area contributed by atoms with Crippen LogP contribution in [0.15, 0.2) is 35.5 Å². The fourth-order valence-electron chi connectivity index (χ4n) is 3.76. The number of amides is 2. The number of aryl methyl sites for hydroxylation is 1. The third kappa shape index (κ3) is 3.85. The van der Waals surface area contributed by atoms with Gasteiger partial charge in [-0.05, 0) is 25.3 Å². The molecule has 0 fully saturated rings. The standard InChI is InChI=1S/C19H25N3O3/c1-3-25-18(23)15-11-20-19(24)21-16(15)12-22(2)17-10-6-8-13-7-4-5-9-14(13)17/h4-5,7,9,17H,3,6,8,10-12H2,1-2H3,(H2,20,21,24)/p+1/t17-/m1/s1. The summed E-state index contributed by atoms with van der Waals surface area (Å²) in [5.41, 5.74) is 3.98. The van der Waals surface area contributed by atoms with Gasteiger partial charge in [-0.15, -0.1) is 0 Å². The molecule has 0 saturated heterocycles. The number of benzene rings is 1. The third-order valence-electron chi connectivity index (χ3n) is 5.00. The average Bonchev–Trinajstić information content (AvgIpc) is 2.61. The van der Waals surface area contributed by atoms with Gasteiger partial charge in [-0.2, -0.15) is 0 Å². The Morgan fingerprint density at radius 2 is 2.16 bits per heavy atom. The van der Waals surface area contributed by atoms with Crippen molar-refractivity contribution in [1.29, 1.82) is 0 Å². The number of rotatable bonds is 5. The fraction of sp³-hybridized carbons (Fsp3) is 0.474. The molecule has 2 amide bonds. The van der Waals surface area contributed by atoms with Gasteiger partial charge in [-0.3, -0.25) is 0 Å². The molecule has 3 rings (SSSR count). The summed E-state index contributed by atoms with van der Waals surface area (Å²) in [6.07, 6.45) is 3.39. The molecule has 2 atom stereocenters. The van der Waals surface area contributed by atoms with Gasteiger partial charge in [0.05, 0.1) is 31.5 Å². The number of urea groups is 1. The first-order chi connectivity index (χ1) is 12.1. The second-order valence-corrected chi connectivity index (χ2v) is 6.65. The van der Waals surface area contributed by atoms with E-state index >= 15 is 0 Å². The number of fused-ring (bicyclic) bond motifs is 1. The summed E-state index contributed by atoms with van der Waals surface area (Å²) in [7, 11) is 2.12. The molecule has 25 heavy (non-hydrogen) atoms. The van der Waals surface area contributed by atoms with Crippen LogP contribution >= 0.6 is 0 Å². The van der Waals surface area contributed by atoms with E-state index in [1.54, 1.807) is 6.92 Å². The quantitative estimate of drug-likeness (QED) is 0.689. The van der Waals surface area contributed by atoms with Crippen molar-refractivity contribution in [2.24, 2.45) is 0 Å². The molecular weight excluding hydrogens is 318 g/mol. The minimum absolute atomic E-state index is 0.217. The molecule has 1 aliphatic heterocycles. The maximum absolute atomic E-state index is 12.2. The van der Waals surface area contributed by atoms with Crippen LogP contribution in [0, 0.1) is 0 Å². The topological polar surface area (TPSA) is 71.9 Å². The van der Waals surface area contributed by atoms with Gasteiger partial charge in [0.2, 0.25) is 0 Å². The van der Waals surface area contributed by atoms with Crippen LogP contribution in [0.1, 0.15) is 36.9 Å². The van der Waals surface area contributed by atoms with E-state index in [1.807, 2.05) is 0 Å². The molecule has 1 aromatic carbocycles. The molecule has 0 aromatic heterocycles. The lowest BCUT2D eigenvalue weighted by Crippen LogP contribution is -3.10. The number of carbonyl (C=O) groups excluding carboxylic acids is 2. The number of esters is 1.